The van der Waals surface area contributed by atoms with Crippen molar-refractivity contribution >= 4 is 11.8 Å². The van der Waals surface area contributed by atoms with E-state index in [1.54, 1.807) is 19.1 Å². The smallest absolute Gasteiger partial charge is 0.243 e. The number of likely N-dealkylation sites (tertiary alicyclic amines) is 1. The number of nitrogens with one attached hydrogen (secondary N) is 1. The van der Waals surface area contributed by atoms with Gasteiger partial charge in [0, 0.05) is 24.9 Å². The van der Waals surface area contributed by atoms with Crippen molar-refractivity contribution in [2.45, 2.75) is 52.0 Å². The molecule has 6 heteroatoms. The third kappa shape index (κ3) is 4.73. The third-order valence-electron chi connectivity index (χ3n) is 5.22. The lowest BCUT2D eigenvalue weighted by atomic mass is 9.84. The van der Waals surface area contributed by atoms with E-state index in [0.29, 0.717) is 31.0 Å². The molecule has 2 amide bonds. The number of hydrogen-bond donors (Lipinski definition) is 1. The Bertz CT molecular complexity index is 685. The molecule has 1 aliphatic heterocycles. The molecule has 1 fully saturated rings. The minimum atomic E-state index is -0.416. The predicted molar refractivity (Wildman–Crippen MR) is 105 cm³/mol. The van der Waals surface area contributed by atoms with Crippen LogP contribution < -0.4 is 14.8 Å². The maximum Gasteiger partial charge on any atom is 0.243 e. The zero-order valence-electron chi connectivity index (χ0n) is 17.3. The summed E-state index contributed by atoms with van der Waals surface area (Å²) in [7, 11) is 3.21. The van der Waals surface area contributed by atoms with E-state index in [9.17, 15) is 9.59 Å². The van der Waals surface area contributed by atoms with Gasteiger partial charge in [0.1, 0.15) is 6.04 Å². The van der Waals surface area contributed by atoms with E-state index in [4.69, 9.17) is 9.47 Å². The Morgan fingerprint density at radius 2 is 1.89 bits per heavy atom. The first-order valence-corrected chi connectivity index (χ1v) is 9.51. The molecule has 1 aromatic rings. The molecule has 1 aromatic carbocycles. The van der Waals surface area contributed by atoms with Crippen molar-refractivity contribution in [3.63, 3.8) is 0 Å². The topological polar surface area (TPSA) is 67.9 Å². The Hall–Kier alpha value is -2.24. The average Bonchev–Trinajstić information content (AvgIpc) is 3.04. The molecule has 0 spiro atoms. The van der Waals surface area contributed by atoms with Crippen LogP contribution in [0.4, 0.5) is 0 Å². The number of carbonyl (C=O) groups excluding carboxylic acids is 2. The zero-order chi connectivity index (χ0) is 20.2. The van der Waals surface area contributed by atoms with Crippen LogP contribution in [-0.2, 0) is 15.0 Å². The lowest BCUT2D eigenvalue weighted by Gasteiger charge is -2.32. The van der Waals surface area contributed by atoms with Gasteiger partial charge in [-0.2, -0.15) is 0 Å². The summed E-state index contributed by atoms with van der Waals surface area (Å²) in [6.45, 7) is 9.23. The number of benzene rings is 1. The fourth-order valence-corrected chi connectivity index (χ4v) is 3.54. The Morgan fingerprint density at radius 1 is 1.22 bits per heavy atom. The highest BCUT2D eigenvalue weighted by molar-refractivity contribution is 5.88. The van der Waals surface area contributed by atoms with Crippen LogP contribution in [0.2, 0.25) is 0 Å². The molecule has 0 saturated carbocycles. The third-order valence-corrected chi connectivity index (χ3v) is 5.22. The van der Waals surface area contributed by atoms with Gasteiger partial charge < -0.3 is 19.7 Å². The second-order valence-electron chi connectivity index (χ2n) is 8.05. The van der Waals surface area contributed by atoms with Crippen molar-refractivity contribution in [2.75, 3.05) is 27.3 Å². The van der Waals surface area contributed by atoms with Gasteiger partial charge in [0.2, 0.25) is 11.8 Å². The van der Waals surface area contributed by atoms with E-state index in [1.807, 2.05) is 32.0 Å². The highest BCUT2D eigenvalue weighted by atomic mass is 16.5. The SMILES string of the molecule is COc1ccc(C(C)(C)CNC(=O)C(C(C)C)N2CCCC2=O)cc1OC. The van der Waals surface area contributed by atoms with Gasteiger partial charge in [0.25, 0.3) is 0 Å². The first kappa shape index (κ1) is 21.1. The normalized spacial score (nSPS) is 15.8. The van der Waals surface area contributed by atoms with Crippen molar-refractivity contribution in [3.8, 4) is 11.5 Å². The predicted octanol–water partition coefficient (Wildman–Crippen LogP) is 2.74. The fraction of sp³-hybridized carbons (Fsp3) is 0.619. The summed E-state index contributed by atoms with van der Waals surface area (Å²) in [4.78, 5) is 26.7. The van der Waals surface area contributed by atoms with Gasteiger partial charge in [0.05, 0.1) is 14.2 Å². The number of ether oxygens (including phenoxy) is 2. The molecule has 1 atom stereocenters. The van der Waals surface area contributed by atoms with Gasteiger partial charge in [-0.15, -0.1) is 0 Å². The second kappa shape index (κ2) is 8.63. The molecule has 2 rings (SSSR count). The van der Waals surface area contributed by atoms with Crippen LogP contribution in [0.25, 0.3) is 0 Å². The second-order valence-corrected chi connectivity index (χ2v) is 8.05. The minimum absolute atomic E-state index is 0.0660. The van der Waals surface area contributed by atoms with Gasteiger partial charge in [0.15, 0.2) is 11.5 Å². The molecule has 1 unspecified atom stereocenters. The molecule has 0 radical (unpaired) electrons. The monoisotopic (exact) mass is 376 g/mol. The summed E-state index contributed by atoms with van der Waals surface area (Å²) in [5, 5.41) is 3.06. The van der Waals surface area contributed by atoms with Crippen LogP contribution >= 0.6 is 0 Å². The van der Waals surface area contributed by atoms with E-state index < -0.39 is 6.04 Å². The molecule has 27 heavy (non-hydrogen) atoms. The molecule has 1 heterocycles. The van der Waals surface area contributed by atoms with E-state index in [-0.39, 0.29) is 23.1 Å². The number of amides is 2. The van der Waals surface area contributed by atoms with E-state index in [1.165, 1.54) is 0 Å². The van der Waals surface area contributed by atoms with Gasteiger partial charge in [-0.3, -0.25) is 9.59 Å². The Balaban J connectivity index is 2.11. The molecule has 1 N–H and O–H groups in total. The number of methoxy groups -OCH3 is 2. The number of rotatable bonds is 8. The molecular formula is C21H32N2O4. The summed E-state index contributed by atoms with van der Waals surface area (Å²) in [6.07, 6.45) is 1.36. The fourth-order valence-electron chi connectivity index (χ4n) is 3.54. The first-order chi connectivity index (χ1) is 12.7. The number of carbonyl (C=O) groups is 2. The summed E-state index contributed by atoms with van der Waals surface area (Å²) in [5.41, 5.74) is 0.741. The minimum Gasteiger partial charge on any atom is -0.493 e. The van der Waals surface area contributed by atoms with Crippen molar-refractivity contribution < 1.29 is 19.1 Å². The Labute approximate surface area is 162 Å². The van der Waals surface area contributed by atoms with Gasteiger partial charge in [-0.05, 0) is 30.0 Å². The molecule has 1 saturated heterocycles. The quantitative estimate of drug-likeness (QED) is 0.758. The van der Waals surface area contributed by atoms with Crippen molar-refractivity contribution in [2.24, 2.45) is 5.92 Å². The molecule has 6 nitrogen and oxygen atoms in total. The summed E-state index contributed by atoms with van der Waals surface area (Å²) in [5.74, 6) is 1.39. The molecular weight excluding hydrogens is 344 g/mol. The number of hydrogen-bond acceptors (Lipinski definition) is 4. The average molecular weight is 376 g/mol. The van der Waals surface area contributed by atoms with Gasteiger partial charge in [-0.1, -0.05) is 33.8 Å². The largest absolute Gasteiger partial charge is 0.493 e. The maximum atomic E-state index is 12.9. The van der Waals surface area contributed by atoms with Crippen molar-refractivity contribution in [3.05, 3.63) is 23.8 Å². The maximum absolute atomic E-state index is 12.9. The molecule has 0 aliphatic carbocycles. The highest BCUT2D eigenvalue weighted by Crippen LogP contribution is 2.33. The van der Waals surface area contributed by atoms with Gasteiger partial charge >= 0.3 is 0 Å². The summed E-state index contributed by atoms with van der Waals surface area (Å²) >= 11 is 0. The summed E-state index contributed by atoms with van der Waals surface area (Å²) < 4.78 is 10.7. The van der Waals surface area contributed by atoms with Crippen molar-refractivity contribution in [1.29, 1.82) is 0 Å². The zero-order valence-corrected chi connectivity index (χ0v) is 17.3. The molecule has 0 aromatic heterocycles. The highest BCUT2D eigenvalue weighted by Gasteiger charge is 2.35. The van der Waals surface area contributed by atoms with Crippen LogP contribution in [-0.4, -0.2) is 50.1 Å². The van der Waals surface area contributed by atoms with Crippen molar-refractivity contribution in [1.82, 2.24) is 10.2 Å². The van der Waals surface area contributed by atoms with E-state index in [0.717, 1.165) is 12.0 Å². The van der Waals surface area contributed by atoms with E-state index in [2.05, 4.69) is 19.2 Å². The Morgan fingerprint density at radius 3 is 2.41 bits per heavy atom. The first-order valence-electron chi connectivity index (χ1n) is 9.51. The number of nitrogens with zero attached hydrogens (tertiary/aromatic N) is 1. The lowest BCUT2D eigenvalue weighted by Crippen LogP contribution is -2.52. The summed E-state index contributed by atoms with van der Waals surface area (Å²) in [6, 6.07) is 5.38. The molecule has 0 bridgehead atoms. The molecule has 150 valence electrons. The van der Waals surface area contributed by atoms with Crippen LogP contribution in [0.5, 0.6) is 11.5 Å². The van der Waals surface area contributed by atoms with Crippen LogP contribution in [0.1, 0.15) is 46.1 Å². The van der Waals surface area contributed by atoms with Gasteiger partial charge in [-0.25, -0.2) is 0 Å². The molecule has 1 aliphatic rings. The standard InChI is InChI=1S/C21H32N2O4/c1-14(2)19(23-11-7-8-18(23)24)20(25)22-13-21(3,4)15-9-10-16(26-5)17(12-15)27-6/h9-10,12,14,19H,7-8,11,13H2,1-6H3,(H,22,25). The van der Waals surface area contributed by atoms with Crippen LogP contribution in [0.3, 0.4) is 0 Å². The van der Waals surface area contributed by atoms with Crippen LogP contribution in [0, 0.1) is 5.92 Å². The van der Waals surface area contributed by atoms with Crippen LogP contribution in [0.15, 0.2) is 18.2 Å². The van der Waals surface area contributed by atoms with E-state index >= 15 is 0 Å². The lowest BCUT2D eigenvalue weighted by molar-refractivity contribution is -0.139. The Kier molecular flexibility index (Phi) is 6.73.